The highest BCUT2D eigenvalue weighted by Crippen LogP contribution is 2.20. The molecule has 100 valence electrons. The molecule has 0 spiro atoms. The maximum Gasteiger partial charge on any atom is 0.240 e. The van der Waals surface area contributed by atoms with Crippen LogP contribution in [0.1, 0.15) is 13.3 Å². The number of anilines is 2. The summed E-state index contributed by atoms with van der Waals surface area (Å²) in [7, 11) is 0. The monoisotopic (exact) mass is 258 g/mol. The number of hydrogen-bond acceptors (Lipinski definition) is 4. The van der Waals surface area contributed by atoms with Crippen molar-refractivity contribution in [3.63, 3.8) is 0 Å². The van der Waals surface area contributed by atoms with Crippen molar-refractivity contribution in [3.8, 4) is 11.5 Å². The highest BCUT2D eigenvalue weighted by molar-refractivity contribution is 5.44. The Morgan fingerprint density at radius 1 is 0.895 bits per heavy atom. The fourth-order valence-electron chi connectivity index (χ4n) is 1.63. The Morgan fingerprint density at radius 3 is 2.21 bits per heavy atom. The van der Waals surface area contributed by atoms with Gasteiger partial charge < -0.3 is 20.9 Å². The molecule has 0 saturated heterocycles. The number of hydrogen-bond donors (Lipinski definition) is 2. The summed E-state index contributed by atoms with van der Waals surface area (Å²) < 4.78 is 11.5. The van der Waals surface area contributed by atoms with Crippen molar-refractivity contribution in [1.29, 1.82) is 0 Å². The minimum absolute atomic E-state index is 0.356. The molecular weight excluding hydrogens is 240 g/mol. The normalized spacial score (nSPS) is 11.8. The lowest BCUT2D eigenvalue weighted by atomic mass is 10.3. The second-order valence-electron chi connectivity index (χ2n) is 4.22. The van der Waals surface area contributed by atoms with Crippen molar-refractivity contribution >= 4 is 11.4 Å². The van der Waals surface area contributed by atoms with Gasteiger partial charge in [-0.2, -0.15) is 0 Å². The third-order valence-electron chi connectivity index (χ3n) is 2.61. The Balaban J connectivity index is 2.02. The van der Waals surface area contributed by atoms with E-state index in [9.17, 15) is 0 Å². The molecule has 0 fully saturated rings. The molecular formula is C15H18N2O2. The van der Waals surface area contributed by atoms with Crippen molar-refractivity contribution in [3.05, 3.63) is 48.5 Å². The SMILES string of the molecule is CCC(Oc1ccc(N)cc1)Oc1cccc(N)c1. The average molecular weight is 258 g/mol. The third kappa shape index (κ3) is 3.81. The highest BCUT2D eigenvalue weighted by Gasteiger charge is 2.09. The Labute approximate surface area is 112 Å². The summed E-state index contributed by atoms with van der Waals surface area (Å²) in [6, 6.07) is 14.5. The first-order chi connectivity index (χ1) is 9.17. The largest absolute Gasteiger partial charge is 0.455 e. The third-order valence-corrected chi connectivity index (χ3v) is 2.61. The summed E-state index contributed by atoms with van der Waals surface area (Å²) in [4.78, 5) is 0. The molecule has 4 N–H and O–H groups in total. The van der Waals surface area contributed by atoms with Gasteiger partial charge in [0.2, 0.25) is 6.29 Å². The lowest BCUT2D eigenvalue weighted by molar-refractivity contribution is 0.00337. The number of rotatable bonds is 5. The number of nitrogens with two attached hydrogens (primary N) is 2. The summed E-state index contributed by atoms with van der Waals surface area (Å²) >= 11 is 0. The molecule has 0 bridgehead atoms. The molecule has 2 aromatic rings. The molecule has 0 heterocycles. The minimum atomic E-state index is -0.356. The van der Waals surface area contributed by atoms with Crippen LogP contribution in [0.3, 0.4) is 0 Å². The van der Waals surface area contributed by atoms with Crippen molar-refractivity contribution < 1.29 is 9.47 Å². The summed E-state index contributed by atoms with van der Waals surface area (Å²) in [5.41, 5.74) is 12.7. The minimum Gasteiger partial charge on any atom is -0.455 e. The zero-order chi connectivity index (χ0) is 13.7. The number of nitrogen functional groups attached to an aromatic ring is 2. The van der Waals surface area contributed by atoms with Crippen molar-refractivity contribution in [2.45, 2.75) is 19.6 Å². The van der Waals surface area contributed by atoms with Crippen molar-refractivity contribution in [2.24, 2.45) is 0 Å². The van der Waals surface area contributed by atoms with Gasteiger partial charge in [-0.3, -0.25) is 0 Å². The van der Waals surface area contributed by atoms with E-state index in [0.29, 0.717) is 17.1 Å². The van der Waals surface area contributed by atoms with Crippen LogP contribution in [-0.4, -0.2) is 6.29 Å². The molecule has 0 aliphatic carbocycles. The topological polar surface area (TPSA) is 70.5 Å². The van der Waals surface area contributed by atoms with E-state index in [2.05, 4.69) is 0 Å². The van der Waals surface area contributed by atoms with E-state index in [1.165, 1.54) is 0 Å². The zero-order valence-electron chi connectivity index (χ0n) is 10.9. The van der Waals surface area contributed by atoms with Crippen molar-refractivity contribution in [1.82, 2.24) is 0 Å². The van der Waals surface area contributed by atoms with Gasteiger partial charge in [-0.05, 0) is 36.4 Å². The summed E-state index contributed by atoms with van der Waals surface area (Å²) in [6.45, 7) is 1.99. The second kappa shape index (κ2) is 6.00. The van der Waals surface area contributed by atoms with Crippen LogP contribution in [0.5, 0.6) is 11.5 Å². The molecule has 0 saturated carbocycles. The van der Waals surface area contributed by atoms with Crippen LogP contribution >= 0.6 is 0 Å². The number of ether oxygens (including phenoxy) is 2. The zero-order valence-corrected chi connectivity index (χ0v) is 10.9. The van der Waals surface area contributed by atoms with Gasteiger partial charge in [0, 0.05) is 23.9 Å². The molecule has 2 rings (SSSR count). The van der Waals surface area contributed by atoms with Crippen LogP contribution < -0.4 is 20.9 Å². The van der Waals surface area contributed by atoms with E-state index in [1.807, 2.05) is 37.3 Å². The van der Waals surface area contributed by atoms with Gasteiger partial charge in [-0.1, -0.05) is 13.0 Å². The molecule has 1 unspecified atom stereocenters. The summed E-state index contributed by atoms with van der Waals surface area (Å²) in [5, 5.41) is 0. The molecule has 0 aliphatic heterocycles. The molecule has 4 heteroatoms. The predicted octanol–water partition coefficient (Wildman–Crippen LogP) is 3.04. The van der Waals surface area contributed by atoms with E-state index in [-0.39, 0.29) is 6.29 Å². The molecule has 1 atom stereocenters. The fraction of sp³-hybridized carbons (Fsp3) is 0.200. The lowest BCUT2D eigenvalue weighted by Gasteiger charge is -2.19. The van der Waals surface area contributed by atoms with Crippen LogP contribution in [0.25, 0.3) is 0 Å². The first-order valence-electron chi connectivity index (χ1n) is 6.22. The maximum atomic E-state index is 5.75. The van der Waals surface area contributed by atoms with E-state index < -0.39 is 0 Å². The molecule has 19 heavy (non-hydrogen) atoms. The van der Waals surface area contributed by atoms with Crippen LogP contribution in [-0.2, 0) is 0 Å². The van der Waals surface area contributed by atoms with Gasteiger partial charge in [-0.15, -0.1) is 0 Å². The van der Waals surface area contributed by atoms with E-state index in [0.717, 1.165) is 12.2 Å². The highest BCUT2D eigenvalue weighted by atomic mass is 16.7. The van der Waals surface area contributed by atoms with Gasteiger partial charge >= 0.3 is 0 Å². The second-order valence-corrected chi connectivity index (χ2v) is 4.22. The lowest BCUT2D eigenvalue weighted by Crippen LogP contribution is -2.22. The van der Waals surface area contributed by atoms with Crippen LogP contribution in [0, 0.1) is 0 Å². The predicted molar refractivity (Wildman–Crippen MR) is 77.0 cm³/mol. The van der Waals surface area contributed by atoms with Gasteiger partial charge in [0.15, 0.2) is 0 Å². The van der Waals surface area contributed by atoms with Crippen LogP contribution in [0.2, 0.25) is 0 Å². The fourth-order valence-corrected chi connectivity index (χ4v) is 1.63. The Hall–Kier alpha value is -2.36. The van der Waals surface area contributed by atoms with Gasteiger partial charge in [-0.25, -0.2) is 0 Å². The molecule has 0 aromatic heterocycles. The molecule has 0 aliphatic rings. The Morgan fingerprint density at radius 2 is 1.58 bits per heavy atom. The van der Waals surface area contributed by atoms with E-state index in [4.69, 9.17) is 20.9 Å². The molecule has 0 amide bonds. The molecule has 4 nitrogen and oxygen atoms in total. The smallest absolute Gasteiger partial charge is 0.240 e. The Bertz CT molecular complexity index is 526. The van der Waals surface area contributed by atoms with Crippen molar-refractivity contribution in [2.75, 3.05) is 11.5 Å². The van der Waals surface area contributed by atoms with E-state index >= 15 is 0 Å². The average Bonchev–Trinajstić information content (AvgIpc) is 2.40. The quantitative estimate of drug-likeness (QED) is 0.638. The molecule has 2 aromatic carbocycles. The Kier molecular flexibility index (Phi) is 4.13. The van der Waals surface area contributed by atoms with Gasteiger partial charge in [0.05, 0.1) is 0 Å². The maximum absolute atomic E-state index is 5.75. The standard InChI is InChI=1S/C15H18N2O2/c1-2-15(18-13-8-6-11(16)7-9-13)19-14-5-3-4-12(17)10-14/h3-10,15H,2,16-17H2,1H3. The van der Waals surface area contributed by atoms with E-state index in [1.54, 1.807) is 18.2 Å². The first kappa shape index (κ1) is 13.1. The van der Waals surface area contributed by atoms with Crippen LogP contribution in [0.15, 0.2) is 48.5 Å². The number of benzene rings is 2. The summed E-state index contributed by atoms with van der Waals surface area (Å²) in [6.07, 6.45) is 0.365. The summed E-state index contributed by atoms with van der Waals surface area (Å²) in [5.74, 6) is 1.42. The van der Waals surface area contributed by atoms with Gasteiger partial charge in [0.25, 0.3) is 0 Å². The van der Waals surface area contributed by atoms with Gasteiger partial charge in [0.1, 0.15) is 11.5 Å². The van der Waals surface area contributed by atoms with Crippen LogP contribution in [0.4, 0.5) is 11.4 Å². The molecule has 0 radical (unpaired) electrons. The first-order valence-corrected chi connectivity index (χ1v) is 6.22.